The maximum atomic E-state index is 11.9. The summed E-state index contributed by atoms with van der Waals surface area (Å²) in [7, 11) is 0. The van der Waals surface area contributed by atoms with Crippen LogP contribution >= 0.6 is 0 Å². The molecule has 0 aliphatic carbocycles. The molecule has 0 amide bonds. The Bertz CT molecular complexity index is 582. The highest BCUT2D eigenvalue weighted by molar-refractivity contribution is 5.91. The molecule has 0 saturated heterocycles. The molecule has 2 aromatic rings. The molecule has 0 atom stereocenters. The first-order valence-corrected chi connectivity index (χ1v) is 5.39. The third-order valence-corrected chi connectivity index (χ3v) is 2.80. The fourth-order valence-electron chi connectivity index (χ4n) is 1.60. The van der Waals surface area contributed by atoms with Crippen molar-refractivity contribution >= 4 is 5.97 Å². The van der Waals surface area contributed by atoms with Crippen LogP contribution in [0.4, 0.5) is 0 Å². The van der Waals surface area contributed by atoms with Crippen LogP contribution in [0.2, 0.25) is 0 Å². The Morgan fingerprint density at radius 3 is 2.33 bits per heavy atom. The van der Waals surface area contributed by atoms with E-state index in [0.717, 1.165) is 11.1 Å². The minimum atomic E-state index is -0.641. The Morgan fingerprint density at radius 2 is 1.72 bits per heavy atom. The summed E-state index contributed by atoms with van der Waals surface area (Å²) < 4.78 is 0.671. The van der Waals surface area contributed by atoms with Gasteiger partial charge in [0.25, 0.3) is 0 Å². The molecule has 2 rings (SSSR count). The summed E-state index contributed by atoms with van der Waals surface area (Å²) >= 11 is 0. The van der Waals surface area contributed by atoms with Crippen LogP contribution in [-0.4, -0.2) is 20.9 Å². The number of hydrogen-bond donors (Lipinski definition) is 2. The molecule has 0 aliphatic heterocycles. The van der Waals surface area contributed by atoms with Crippen molar-refractivity contribution in [1.82, 2.24) is 4.73 Å². The minimum Gasteiger partial charge on any atom is -0.492 e. The summed E-state index contributed by atoms with van der Waals surface area (Å²) in [5.41, 5.74) is 2.15. The van der Waals surface area contributed by atoms with Crippen molar-refractivity contribution in [3.63, 3.8) is 0 Å². The van der Waals surface area contributed by atoms with Gasteiger partial charge >= 0.3 is 5.97 Å². The van der Waals surface area contributed by atoms with Gasteiger partial charge in [0.2, 0.25) is 11.8 Å². The zero-order chi connectivity index (χ0) is 13.3. The molecule has 5 nitrogen and oxygen atoms in total. The fourth-order valence-corrected chi connectivity index (χ4v) is 1.60. The molecular weight excluding hydrogens is 234 g/mol. The van der Waals surface area contributed by atoms with E-state index in [0.29, 0.717) is 10.3 Å². The number of aromatic hydroxyl groups is 2. The predicted molar refractivity (Wildman–Crippen MR) is 64.6 cm³/mol. The second-order valence-corrected chi connectivity index (χ2v) is 3.97. The van der Waals surface area contributed by atoms with Gasteiger partial charge in [-0.15, -0.1) is 4.73 Å². The Kier molecular flexibility index (Phi) is 2.97. The highest BCUT2D eigenvalue weighted by Crippen LogP contribution is 2.20. The van der Waals surface area contributed by atoms with Crippen LogP contribution in [0.1, 0.15) is 21.5 Å². The molecule has 94 valence electrons. The van der Waals surface area contributed by atoms with E-state index in [1.54, 1.807) is 19.1 Å². The highest BCUT2D eigenvalue weighted by Gasteiger charge is 2.16. The van der Waals surface area contributed by atoms with Crippen LogP contribution < -0.4 is 4.84 Å². The van der Waals surface area contributed by atoms with Crippen molar-refractivity contribution in [3.8, 4) is 11.8 Å². The highest BCUT2D eigenvalue weighted by atomic mass is 16.7. The third-order valence-electron chi connectivity index (χ3n) is 2.80. The number of carbonyl (C=O) groups excluding carboxylic acids is 1. The van der Waals surface area contributed by atoms with E-state index in [2.05, 4.69) is 0 Å². The maximum Gasteiger partial charge on any atom is 0.364 e. The lowest BCUT2D eigenvalue weighted by Gasteiger charge is -2.09. The summed E-state index contributed by atoms with van der Waals surface area (Å²) in [6.07, 6.45) is 0. The Hall–Kier alpha value is -2.43. The number of hydrogen-bond acceptors (Lipinski definition) is 4. The van der Waals surface area contributed by atoms with E-state index >= 15 is 0 Å². The number of aryl methyl sites for hydroxylation is 1. The van der Waals surface area contributed by atoms with Crippen LogP contribution in [0.3, 0.4) is 0 Å². The van der Waals surface area contributed by atoms with Crippen LogP contribution in [0.5, 0.6) is 11.8 Å². The van der Waals surface area contributed by atoms with Gasteiger partial charge in [-0.2, -0.15) is 0 Å². The second-order valence-electron chi connectivity index (χ2n) is 3.97. The molecule has 18 heavy (non-hydrogen) atoms. The van der Waals surface area contributed by atoms with Crippen molar-refractivity contribution in [2.24, 2.45) is 0 Å². The zero-order valence-corrected chi connectivity index (χ0v) is 10.0. The van der Waals surface area contributed by atoms with Gasteiger partial charge in [-0.3, -0.25) is 0 Å². The predicted octanol–water partition coefficient (Wildman–Crippen LogP) is 1.79. The average molecular weight is 247 g/mol. The SMILES string of the molecule is Cc1cccc(C(=O)On2c(O)ccc2O)c1C. The summed E-state index contributed by atoms with van der Waals surface area (Å²) in [6.45, 7) is 3.69. The number of benzene rings is 1. The largest absolute Gasteiger partial charge is 0.492 e. The molecule has 0 bridgehead atoms. The van der Waals surface area contributed by atoms with Crippen molar-refractivity contribution in [3.05, 3.63) is 47.0 Å². The zero-order valence-electron chi connectivity index (χ0n) is 10.0. The van der Waals surface area contributed by atoms with Gasteiger partial charge in [-0.05, 0) is 31.0 Å². The van der Waals surface area contributed by atoms with Gasteiger partial charge in [0, 0.05) is 12.1 Å². The molecule has 0 unspecified atom stereocenters. The minimum absolute atomic E-state index is 0.342. The Balaban J connectivity index is 2.31. The lowest BCUT2D eigenvalue weighted by molar-refractivity contribution is 0.0381. The number of carbonyl (C=O) groups is 1. The third kappa shape index (κ3) is 2.02. The average Bonchev–Trinajstić information content (AvgIpc) is 2.64. The first-order chi connectivity index (χ1) is 8.50. The van der Waals surface area contributed by atoms with Gasteiger partial charge < -0.3 is 15.1 Å². The van der Waals surface area contributed by atoms with Crippen molar-refractivity contribution < 1.29 is 19.8 Å². The van der Waals surface area contributed by atoms with Gasteiger partial charge in [-0.1, -0.05) is 12.1 Å². The fraction of sp³-hybridized carbons (Fsp3) is 0.154. The van der Waals surface area contributed by atoms with Crippen molar-refractivity contribution in [2.45, 2.75) is 13.8 Å². The Labute approximate surface area is 104 Å². The normalized spacial score (nSPS) is 10.3. The van der Waals surface area contributed by atoms with E-state index in [9.17, 15) is 15.0 Å². The quantitative estimate of drug-likeness (QED) is 0.848. The Morgan fingerprint density at radius 1 is 1.11 bits per heavy atom. The summed E-state index contributed by atoms with van der Waals surface area (Å²) in [5.74, 6) is -1.32. The lowest BCUT2D eigenvalue weighted by Crippen LogP contribution is -2.20. The van der Waals surface area contributed by atoms with Crippen LogP contribution in [0.15, 0.2) is 30.3 Å². The van der Waals surface area contributed by atoms with Gasteiger partial charge in [-0.25, -0.2) is 4.79 Å². The van der Waals surface area contributed by atoms with Gasteiger partial charge in [0.1, 0.15) is 0 Å². The first-order valence-electron chi connectivity index (χ1n) is 5.39. The standard InChI is InChI=1S/C13H13NO4/c1-8-4-3-5-10(9(8)2)13(17)18-14-11(15)6-7-12(14)16/h3-7,15-16H,1-2H3. The van der Waals surface area contributed by atoms with Crippen molar-refractivity contribution in [2.75, 3.05) is 0 Å². The van der Waals surface area contributed by atoms with Crippen molar-refractivity contribution in [1.29, 1.82) is 0 Å². The molecule has 0 radical (unpaired) electrons. The van der Waals surface area contributed by atoms with E-state index in [4.69, 9.17) is 4.84 Å². The molecule has 1 aromatic heterocycles. The second kappa shape index (κ2) is 4.44. The molecule has 0 fully saturated rings. The van der Waals surface area contributed by atoms with Gasteiger partial charge in [0.05, 0.1) is 5.56 Å². The molecule has 1 aromatic carbocycles. The summed E-state index contributed by atoms with van der Waals surface area (Å²) in [6, 6.07) is 7.71. The van der Waals surface area contributed by atoms with Crippen LogP contribution in [0, 0.1) is 13.8 Å². The lowest BCUT2D eigenvalue weighted by atomic mass is 10.0. The molecule has 0 aliphatic rings. The summed E-state index contributed by atoms with van der Waals surface area (Å²) in [4.78, 5) is 16.8. The number of rotatable bonds is 2. The molecule has 5 heteroatoms. The molecular formula is C13H13NO4. The topological polar surface area (TPSA) is 71.7 Å². The number of nitrogens with zero attached hydrogens (tertiary/aromatic N) is 1. The smallest absolute Gasteiger partial charge is 0.364 e. The molecule has 0 saturated carbocycles. The molecule has 1 heterocycles. The van der Waals surface area contributed by atoms with Gasteiger partial charge in [0.15, 0.2) is 0 Å². The van der Waals surface area contributed by atoms with E-state index < -0.39 is 5.97 Å². The summed E-state index contributed by atoms with van der Waals surface area (Å²) in [5, 5.41) is 18.8. The monoisotopic (exact) mass is 247 g/mol. The van der Waals surface area contributed by atoms with Crippen LogP contribution in [0.25, 0.3) is 0 Å². The van der Waals surface area contributed by atoms with E-state index in [1.165, 1.54) is 12.1 Å². The molecule has 0 spiro atoms. The maximum absolute atomic E-state index is 11.9. The molecule has 2 N–H and O–H groups in total. The van der Waals surface area contributed by atoms with E-state index in [1.807, 2.05) is 13.0 Å². The van der Waals surface area contributed by atoms with E-state index in [-0.39, 0.29) is 11.8 Å². The number of aromatic nitrogens is 1. The first kappa shape index (κ1) is 12.0. The van der Waals surface area contributed by atoms with Crippen LogP contribution in [-0.2, 0) is 0 Å².